The standard InChI is InChI=1S/C14H12F3NS/c1-18-8-9-6-10(15)2-4-13(9)19-14-5-3-11(16)7-12(14)17/h2-7,18H,8H2,1H3. The third-order valence-electron chi connectivity index (χ3n) is 2.50. The molecule has 2 aromatic rings. The summed E-state index contributed by atoms with van der Waals surface area (Å²) in [6, 6.07) is 7.73. The fraction of sp³-hybridized carbons (Fsp3) is 0.143. The van der Waals surface area contributed by atoms with Crippen molar-refractivity contribution in [3.8, 4) is 0 Å². The molecule has 0 aliphatic rings. The zero-order valence-electron chi connectivity index (χ0n) is 10.2. The normalized spacial score (nSPS) is 10.7. The maximum Gasteiger partial charge on any atom is 0.140 e. The molecule has 100 valence electrons. The average molecular weight is 283 g/mol. The maximum absolute atomic E-state index is 13.6. The Kier molecular flexibility index (Phi) is 4.50. The van der Waals surface area contributed by atoms with Crippen LogP contribution in [0.4, 0.5) is 13.2 Å². The molecule has 0 amide bonds. The minimum absolute atomic E-state index is 0.311. The fourth-order valence-electron chi connectivity index (χ4n) is 1.65. The Morgan fingerprint density at radius 1 is 0.947 bits per heavy atom. The molecular weight excluding hydrogens is 271 g/mol. The topological polar surface area (TPSA) is 12.0 Å². The zero-order valence-corrected chi connectivity index (χ0v) is 11.0. The number of hydrogen-bond acceptors (Lipinski definition) is 2. The second-order valence-corrected chi connectivity index (χ2v) is 5.04. The van der Waals surface area contributed by atoms with Crippen molar-refractivity contribution in [3.63, 3.8) is 0 Å². The summed E-state index contributed by atoms with van der Waals surface area (Å²) in [7, 11) is 1.75. The van der Waals surface area contributed by atoms with Gasteiger partial charge >= 0.3 is 0 Å². The summed E-state index contributed by atoms with van der Waals surface area (Å²) in [5.41, 5.74) is 0.733. The SMILES string of the molecule is CNCc1cc(F)ccc1Sc1ccc(F)cc1F. The monoisotopic (exact) mass is 283 g/mol. The first-order valence-electron chi connectivity index (χ1n) is 5.66. The summed E-state index contributed by atoms with van der Waals surface area (Å²) in [6.45, 7) is 0.475. The smallest absolute Gasteiger partial charge is 0.140 e. The molecule has 0 atom stereocenters. The van der Waals surface area contributed by atoms with Crippen LogP contribution in [0.2, 0.25) is 0 Å². The van der Waals surface area contributed by atoms with Crippen molar-refractivity contribution < 1.29 is 13.2 Å². The lowest BCUT2D eigenvalue weighted by molar-refractivity contribution is 0.565. The molecule has 0 saturated carbocycles. The van der Waals surface area contributed by atoms with Gasteiger partial charge in [-0.25, -0.2) is 13.2 Å². The highest BCUT2D eigenvalue weighted by molar-refractivity contribution is 7.99. The minimum atomic E-state index is -0.621. The molecule has 0 spiro atoms. The lowest BCUT2D eigenvalue weighted by Crippen LogP contribution is -2.06. The molecule has 1 nitrogen and oxygen atoms in total. The van der Waals surface area contributed by atoms with Crippen LogP contribution in [-0.2, 0) is 6.54 Å². The fourth-order valence-corrected chi connectivity index (χ4v) is 2.58. The van der Waals surface area contributed by atoms with Crippen molar-refractivity contribution >= 4 is 11.8 Å². The second kappa shape index (κ2) is 6.12. The van der Waals surface area contributed by atoms with E-state index in [-0.39, 0.29) is 5.82 Å². The van der Waals surface area contributed by atoms with E-state index >= 15 is 0 Å². The number of benzene rings is 2. The van der Waals surface area contributed by atoms with E-state index in [0.29, 0.717) is 11.4 Å². The maximum atomic E-state index is 13.6. The number of nitrogens with one attached hydrogen (secondary N) is 1. The molecule has 0 aromatic heterocycles. The van der Waals surface area contributed by atoms with E-state index in [4.69, 9.17) is 0 Å². The molecule has 0 unspecified atom stereocenters. The van der Waals surface area contributed by atoms with Gasteiger partial charge in [0.25, 0.3) is 0 Å². The lowest BCUT2D eigenvalue weighted by atomic mass is 10.2. The third kappa shape index (κ3) is 3.52. The summed E-state index contributed by atoms with van der Waals surface area (Å²) in [5, 5.41) is 2.93. The van der Waals surface area contributed by atoms with Crippen LogP contribution in [0.25, 0.3) is 0 Å². The molecule has 0 heterocycles. The number of halogens is 3. The second-order valence-electron chi connectivity index (χ2n) is 3.96. The lowest BCUT2D eigenvalue weighted by Gasteiger charge is -2.09. The van der Waals surface area contributed by atoms with Crippen molar-refractivity contribution in [1.82, 2.24) is 5.32 Å². The van der Waals surface area contributed by atoms with Gasteiger partial charge in [0, 0.05) is 22.4 Å². The average Bonchev–Trinajstić information content (AvgIpc) is 2.36. The predicted octanol–water partition coefficient (Wildman–Crippen LogP) is 3.97. The molecule has 1 N–H and O–H groups in total. The molecule has 19 heavy (non-hydrogen) atoms. The highest BCUT2D eigenvalue weighted by Gasteiger charge is 2.09. The Morgan fingerprint density at radius 3 is 2.21 bits per heavy atom. The molecule has 0 bridgehead atoms. The number of hydrogen-bond donors (Lipinski definition) is 1. The van der Waals surface area contributed by atoms with Gasteiger partial charge < -0.3 is 5.32 Å². The highest BCUT2D eigenvalue weighted by atomic mass is 32.2. The van der Waals surface area contributed by atoms with E-state index in [0.717, 1.165) is 28.3 Å². The summed E-state index contributed by atoms with van der Waals surface area (Å²) in [6.07, 6.45) is 0. The van der Waals surface area contributed by atoms with Gasteiger partial charge in [-0.15, -0.1) is 0 Å². The largest absolute Gasteiger partial charge is 0.316 e. The van der Waals surface area contributed by atoms with Crippen LogP contribution in [0.15, 0.2) is 46.2 Å². The van der Waals surface area contributed by atoms with Crippen LogP contribution in [-0.4, -0.2) is 7.05 Å². The van der Waals surface area contributed by atoms with Gasteiger partial charge in [-0.05, 0) is 42.9 Å². The van der Waals surface area contributed by atoms with Crippen LogP contribution >= 0.6 is 11.8 Å². The van der Waals surface area contributed by atoms with Gasteiger partial charge in [0.2, 0.25) is 0 Å². The van der Waals surface area contributed by atoms with E-state index in [9.17, 15) is 13.2 Å². The molecule has 0 aliphatic carbocycles. The van der Waals surface area contributed by atoms with E-state index in [1.807, 2.05) is 0 Å². The van der Waals surface area contributed by atoms with Crippen LogP contribution in [0.3, 0.4) is 0 Å². The summed E-state index contributed by atoms with van der Waals surface area (Å²) < 4.78 is 39.6. The molecule has 5 heteroatoms. The van der Waals surface area contributed by atoms with E-state index in [2.05, 4.69) is 5.32 Å². The van der Waals surface area contributed by atoms with Crippen LogP contribution < -0.4 is 5.32 Å². The van der Waals surface area contributed by atoms with Crippen LogP contribution in [0.5, 0.6) is 0 Å². The highest BCUT2D eigenvalue weighted by Crippen LogP contribution is 2.32. The van der Waals surface area contributed by atoms with E-state index in [1.165, 1.54) is 24.3 Å². The first kappa shape index (κ1) is 14.0. The van der Waals surface area contributed by atoms with Crippen LogP contribution in [0.1, 0.15) is 5.56 Å². The quantitative estimate of drug-likeness (QED) is 0.911. The molecule has 0 aliphatic heterocycles. The molecule has 2 aromatic carbocycles. The van der Waals surface area contributed by atoms with Gasteiger partial charge in [-0.1, -0.05) is 11.8 Å². The van der Waals surface area contributed by atoms with E-state index in [1.54, 1.807) is 13.1 Å². The Hall–Kier alpha value is -1.46. The summed E-state index contributed by atoms with van der Waals surface area (Å²) in [4.78, 5) is 1.05. The van der Waals surface area contributed by atoms with Gasteiger partial charge in [-0.2, -0.15) is 0 Å². The molecular formula is C14H12F3NS. The third-order valence-corrected chi connectivity index (χ3v) is 3.67. The Morgan fingerprint density at radius 2 is 1.58 bits per heavy atom. The molecule has 0 fully saturated rings. The first-order chi connectivity index (χ1) is 9.10. The van der Waals surface area contributed by atoms with Crippen molar-refractivity contribution in [2.75, 3.05) is 7.05 Å². The summed E-state index contributed by atoms with van der Waals surface area (Å²) in [5.74, 6) is -1.57. The van der Waals surface area contributed by atoms with Crippen molar-refractivity contribution in [1.29, 1.82) is 0 Å². The van der Waals surface area contributed by atoms with Crippen molar-refractivity contribution in [3.05, 3.63) is 59.4 Å². The number of rotatable bonds is 4. The predicted molar refractivity (Wildman–Crippen MR) is 69.6 cm³/mol. The Bertz CT molecular complexity index is 587. The molecule has 0 radical (unpaired) electrons. The molecule has 0 saturated heterocycles. The van der Waals surface area contributed by atoms with Gasteiger partial charge in [0.1, 0.15) is 17.5 Å². The van der Waals surface area contributed by atoms with Gasteiger partial charge in [0.05, 0.1) is 0 Å². The Balaban J connectivity index is 2.32. The summed E-state index contributed by atoms with van der Waals surface area (Å²) >= 11 is 1.15. The van der Waals surface area contributed by atoms with E-state index < -0.39 is 11.6 Å². The van der Waals surface area contributed by atoms with Gasteiger partial charge in [0.15, 0.2) is 0 Å². The van der Waals surface area contributed by atoms with Gasteiger partial charge in [-0.3, -0.25) is 0 Å². The first-order valence-corrected chi connectivity index (χ1v) is 6.47. The Labute approximate surface area is 113 Å². The minimum Gasteiger partial charge on any atom is -0.316 e. The van der Waals surface area contributed by atoms with Crippen molar-refractivity contribution in [2.24, 2.45) is 0 Å². The van der Waals surface area contributed by atoms with Crippen LogP contribution in [0, 0.1) is 17.5 Å². The molecule has 2 rings (SSSR count). The van der Waals surface area contributed by atoms with Crippen molar-refractivity contribution in [2.45, 2.75) is 16.3 Å². The zero-order chi connectivity index (χ0) is 13.8.